The second kappa shape index (κ2) is 8.02. The number of amides is 3. The van der Waals surface area contributed by atoms with E-state index in [1.54, 1.807) is 0 Å². The lowest BCUT2D eigenvalue weighted by atomic mass is 9.73. The average Bonchev–Trinajstić information content (AvgIpc) is 3.14. The summed E-state index contributed by atoms with van der Waals surface area (Å²) in [6, 6.07) is 20.4. The zero-order chi connectivity index (χ0) is 23.2. The molecule has 3 amide bonds. The molecule has 1 aliphatic carbocycles. The fourth-order valence-corrected chi connectivity index (χ4v) is 6.10. The number of rotatable bonds is 5. The first-order valence-electron chi connectivity index (χ1n) is 11.9. The lowest BCUT2D eigenvalue weighted by Crippen LogP contribution is -2.61. The van der Waals surface area contributed by atoms with Crippen molar-refractivity contribution in [3.63, 3.8) is 0 Å². The van der Waals surface area contributed by atoms with Crippen LogP contribution in [0.2, 0.25) is 0 Å². The Labute approximate surface area is 196 Å². The van der Waals surface area contributed by atoms with E-state index in [9.17, 15) is 9.59 Å². The fraction of sp³-hybridized carbons (Fsp3) is 0.379. The number of benzene rings is 2. The van der Waals surface area contributed by atoms with E-state index >= 15 is 0 Å². The molecule has 2 aromatic carbocycles. The van der Waals surface area contributed by atoms with Gasteiger partial charge in [0.2, 0.25) is 5.91 Å². The molecule has 2 aromatic rings. The number of allylic oxidation sites excluding steroid dienone is 1. The van der Waals surface area contributed by atoms with E-state index in [1.807, 2.05) is 55.1 Å². The normalized spacial score (nSPS) is 27.3. The number of nitrogens with zero attached hydrogens (tertiary/aromatic N) is 2. The molecule has 0 spiro atoms. The predicted octanol–water partition coefficient (Wildman–Crippen LogP) is 6.06. The van der Waals surface area contributed by atoms with Gasteiger partial charge in [-0.1, -0.05) is 79.2 Å². The van der Waals surface area contributed by atoms with E-state index in [1.165, 1.54) is 16.0 Å². The molecule has 5 rings (SSSR count). The van der Waals surface area contributed by atoms with Gasteiger partial charge < -0.3 is 0 Å². The first-order chi connectivity index (χ1) is 15.8. The molecule has 4 nitrogen and oxygen atoms in total. The summed E-state index contributed by atoms with van der Waals surface area (Å²) in [4.78, 5) is 30.8. The van der Waals surface area contributed by atoms with Crippen LogP contribution in [0.4, 0.5) is 4.79 Å². The minimum atomic E-state index is -0.593. The maximum atomic E-state index is 13.7. The highest BCUT2D eigenvalue weighted by Crippen LogP contribution is 2.55. The Balaban J connectivity index is 1.45. The summed E-state index contributed by atoms with van der Waals surface area (Å²) in [5.74, 6) is -0.0405. The van der Waals surface area contributed by atoms with Gasteiger partial charge in [0.1, 0.15) is 0 Å². The fourth-order valence-electron chi connectivity index (χ4n) is 6.10. The summed E-state index contributed by atoms with van der Waals surface area (Å²) >= 11 is 0. The van der Waals surface area contributed by atoms with E-state index < -0.39 is 5.41 Å². The molecule has 33 heavy (non-hydrogen) atoms. The van der Waals surface area contributed by atoms with Gasteiger partial charge in [0.15, 0.2) is 0 Å². The van der Waals surface area contributed by atoms with Crippen LogP contribution in [0.5, 0.6) is 0 Å². The number of carbonyl (C=O) groups is 2. The van der Waals surface area contributed by atoms with Crippen LogP contribution in [0.1, 0.15) is 51.2 Å². The summed E-state index contributed by atoms with van der Waals surface area (Å²) < 4.78 is 0. The molecule has 170 valence electrons. The Kier molecular flexibility index (Phi) is 5.27. The van der Waals surface area contributed by atoms with Crippen molar-refractivity contribution >= 4 is 18.0 Å². The highest BCUT2D eigenvalue weighted by Gasteiger charge is 2.57. The van der Waals surface area contributed by atoms with Gasteiger partial charge in [0.25, 0.3) is 0 Å². The SMILES string of the molecule is C/C(=C\c1ccccc1)CN1C(=O)N2C[C@@](C)(Cc3ccccc3)CC3=C2[C@](C)(CC3)C1=O. The largest absolute Gasteiger partial charge is 0.331 e. The second-order valence-corrected chi connectivity index (χ2v) is 10.6. The Hall–Kier alpha value is -3.14. The van der Waals surface area contributed by atoms with Crippen LogP contribution in [0.3, 0.4) is 0 Å². The van der Waals surface area contributed by atoms with Gasteiger partial charge in [-0.2, -0.15) is 0 Å². The minimum absolute atomic E-state index is 0.0396. The standard InChI is InChI=1S/C29H32N2O2/c1-21(16-22-10-6-4-7-11-22)19-30-26(32)29(3)15-14-24-18-28(2,17-23-12-8-5-9-13-23)20-31(25(24)29)27(30)33/h4-13,16H,14-15,17-20H2,1-3H3/b21-16+/t28-,29-/m0/s1. The molecule has 0 unspecified atom stereocenters. The maximum Gasteiger partial charge on any atom is 0.331 e. The summed E-state index contributed by atoms with van der Waals surface area (Å²) in [6.45, 7) is 7.31. The van der Waals surface area contributed by atoms with Crippen LogP contribution in [0.25, 0.3) is 6.08 Å². The van der Waals surface area contributed by atoms with Crippen LogP contribution in [-0.4, -0.2) is 34.8 Å². The lowest BCUT2D eigenvalue weighted by molar-refractivity contribution is -0.139. The molecule has 0 saturated carbocycles. The molecule has 1 saturated heterocycles. The second-order valence-electron chi connectivity index (χ2n) is 10.6. The third kappa shape index (κ3) is 3.82. The highest BCUT2D eigenvalue weighted by atomic mass is 16.2. The molecule has 0 radical (unpaired) electrons. The van der Waals surface area contributed by atoms with E-state index in [0.717, 1.165) is 42.5 Å². The van der Waals surface area contributed by atoms with E-state index in [-0.39, 0.29) is 17.4 Å². The molecule has 0 N–H and O–H groups in total. The number of hydrogen-bond acceptors (Lipinski definition) is 2. The molecule has 3 aliphatic rings. The van der Waals surface area contributed by atoms with Crippen LogP contribution in [0, 0.1) is 10.8 Å². The Morgan fingerprint density at radius 2 is 1.67 bits per heavy atom. The van der Waals surface area contributed by atoms with Crippen molar-refractivity contribution < 1.29 is 9.59 Å². The monoisotopic (exact) mass is 440 g/mol. The van der Waals surface area contributed by atoms with Gasteiger partial charge in [-0.3, -0.25) is 14.6 Å². The minimum Gasteiger partial charge on any atom is -0.296 e. The molecule has 1 fully saturated rings. The van der Waals surface area contributed by atoms with Gasteiger partial charge in [-0.05, 0) is 61.6 Å². The zero-order valence-corrected chi connectivity index (χ0v) is 19.8. The van der Waals surface area contributed by atoms with Crippen molar-refractivity contribution in [2.75, 3.05) is 13.1 Å². The van der Waals surface area contributed by atoms with Crippen LogP contribution in [-0.2, 0) is 11.2 Å². The summed E-state index contributed by atoms with van der Waals surface area (Å²) in [7, 11) is 0. The first kappa shape index (κ1) is 21.7. The summed E-state index contributed by atoms with van der Waals surface area (Å²) in [6.07, 6.45) is 5.63. The maximum absolute atomic E-state index is 13.7. The van der Waals surface area contributed by atoms with Crippen LogP contribution in [0.15, 0.2) is 77.5 Å². The number of carbonyl (C=O) groups excluding carboxylic acids is 2. The molecule has 2 atom stereocenters. The number of urea groups is 1. The number of hydrogen-bond donors (Lipinski definition) is 0. The quantitative estimate of drug-likeness (QED) is 0.567. The third-order valence-electron chi connectivity index (χ3n) is 7.51. The molecule has 0 aromatic heterocycles. The molecule has 4 heteroatoms. The topological polar surface area (TPSA) is 40.6 Å². The van der Waals surface area contributed by atoms with Crippen LogP contribution >= 0.6 is 0 Å². The van der Waals surface area contributed by atoms with Gasteiger partial charge in [0.05, 0.1) is 12.0 Å². The van der Waals surface area contributed by atoms with Crippen molar-refractivity contribution in [3.05, 3.63) is 88.6 Å². The number of imide groups is 1. The Morgan fingerprint density at radius 3 is 2.36 bits per heavy atom. The first-order valence-corrected chi connectivity index (χ1v) is 11.9. The third-order valence-corrected chi connectivity index (χ3v) is 7.51. The van der Waals surface area contributed by atoms with Gasteiger partial charge in [0, 0.05) is 12.2 Å². The van der Waals surface area contributed by atoms with Crippen molar-refractivity contribution in [1.82, 2.24) is 9.80 Å². The van der Waals surface area contributed by atoms with Gasteiger partial charge >= 0.3 is 6.03 Å². The van der Waals surface area contributed by atoms with Crippen molar-refractivity contribution in [2.45, 2.75) is 46.5 Å². The van der Waals surface area contributed by atoms with Crippen molar-refractivity contribution in [1.29, 1.82) is 0 Å². The molecule has 2 heterocycles. The lowest BCUT2D eigenvalue weighted by Gasteiger charge is -2.50. The van der Waals surface area contributed by atoms with E-state index in [0.29, 0.717) is 13.1 Å². The smallest absolute Gasteiger partial charge is 0.296 e. The Morgan fingerprint density at radius 1 is 1.00 bits per heavy atom. The molecule has 2 aliphatic heterocycles. The van der Waals surface area contributed by atoms with Crippen LogP contribution < -0.4 is 0 Å². The molecule has 0 bridgehead atoms. The highest BCUT2D eigenvalue weighted by molar-refractivity contribution is 6.04. The molecular weight excluding hydrogens is 408 g/mol. The summed E-state index contributed by atoms with van der Waals surface area (Å²) in [5, 5.41) is 0. The zero-order valence-electron chi connectivity index (χ0n) is 19.8. The predicted molar refractivity (Wildman–Crippen MR) is 131 cm³/mol. The average molecular weight is 441 g/mol. The molecular formula is C29H32N2O2. The van der Waals surface area contributed by atoms with Crippen molar-refractivity contribution in [3.8, 4) is 0 Å². The van der Waals surface area contributed by atoms with Gasteiger partial charge in [-0.15, -0.1) is 0 Å². The Bertz CT molecular complexity index is 1150. The summed E-state index contributed by atoms with van der Waals surface area (Å²) in [5.41, 5.74) is 5.05. The van der Waals surface area contributed by atoms with Crippen molar-refractivity contribution in [2.24, 2.45) is 10.8 Å². The van der Waals surface area contributed by atoms with E-state index in [4.69, 9.17) is 0 Å². The van der Waals surface area contributed by atoms with Gasteiger partial charge in [-0.25, -0.2) is 4.79 Å². The van der Waals surface area contributed by atoms with E-state index in [2.05, 4.69) is 37.3 Å².